The molecule has 1 saturated heterocycles. The Balaban J connectivity index is 1.27. The fraction of sp³-hybridized carbons (Fsp3) is 0.474. The molecule has 5 rings (SSSR count). The van der Waals surface area contributed by atoms with E-state index < -0.39 is 5.79 Å². The number of para-hydroxylation sites is 2. The maximum absolute atomic E-state index is 12.9. The number of rotatable bonds is 3. The first kappa shape index (κ1) is 15.9. The minimum absolute atomic E-state index is 0.0142. The van der Waals surface area contributed by atoms with Crippen LogP contribution in [0.1, 0.15) is 35.2 Å². The number of hydrogen-bond donors (Lipinski definition) is 1. The zero-order chi connectivity index (χ0) is 17.7. The van der Waals surface area contributed by atoms with Gasteiger partial charge in [-0.1, -0.05) is 12.1 Å². The van der Waals surface area contributed by atoms with Gasteiger partial charge >= 0.3 is 6.03 Å². The fourth-order valence-corrected chi connectivity index (χ4v) is 4.60. The minimum Gasteiger partial charge on any atom is -0.447 e. The highest BCUT2D eigenvalue weighted by molar-refractivity contribution is 7.11. The first-order valence-corrected chi connectivity index (χ1v) is 9.88. The van der Waals surface area contributed by atoms with E-state index >= 15 is 0 Å². The van der Waals surface area contributed by atoms with Gasteiger partial charge in [0.15, 0.2) is 11.5 Å². The number of nitrogens with zero attached hydrogens (tertiary/aromatic N) is 2. The van der Waals surface area contributed by atoms with Crippen molar-refractivity contribution in [2.45, 2.75) is 38.0 Å². The van der Waals surface area contributed by atoms with Crippen LogP contribution in [0.15, 0.2) is 30.5 Å². The molecule has 2 aromatic rings. The van der Waals surface area contributed by atoms with Crippen molar-refractivity contribution in [3.05, 3.63) is 40.3 Å². The number of carbonyl (C=O) groups excluding carboxylic acids is 1. The van der Waals surface area contributed by atoms with Gasteiger partial charge in [0.05, 0.1) is 12.6 Å². The van der Waals surface area contributed by atoms with Crippen LogP contribution in [0.4, 0.5) is 4.79 Å². The van der Waals surface area contributed by atoms with Crippen LogP contribution in [0.5, 0.6) is 11.5 Å². The number of ether oxygens (including phenoxy) is 2. The second-order valence-corrected chi connectivity index (χ2v) is 8.57. The lowest BCUT2D eigenvalue weighted by atomic mass is 10.2. The molecule has 2 aliphatic heterocycles. The quantitative estimate of drug-likeness (QED) is 0.897. The monoisotopic (exact) mass is 371 g/mol. The van der Waals surface area contributed by atoms with Gasteiger partial charge in [-0.05, 0) is 37.8 Å². The number of carbonyl (C=O) groups is 1. The fourth-order valence-electron chi connectivity index (χ4n) is 3.69. The van der Waals surface area contributed by atoms with Crippen LogP contribution < -0.4 is 14.8 Å². The summed E-state index contributed by atoms with van der Waals surface area (Å²) in [5, 5.41) is 4.21. The lowest BCUT2D eigenvalue weighted by molar-refractivity contribution is -0.0650. The van der Waals surface area contributed by atoms with E-state index in [1.165, 1.54) is 4.88 Å². The van der Waals surface area contributed by atoms with Crippen LogP contribution >= 0.6 is 11.3 Å². The highest BCUT2D eigenvalue weighted by atomic mass is 32.1. The van der Waals surface area contributed by atoms with E-state index in [2.05, 4.69) is 10.3 Å². The van der Waals surface area contributed by atoms with Crippen molar-refractivity contribution in [3.63, 3.8) is 0 Å². The average Bonchev–Trinajstić information content (AvgIpc) is 3.08. The molecule has 1 aromatic heterocycles. The Kier molecular flexibility index (Phi) is 3.60. The van der Waals surface area contributed by atoms with Gasteiger partial charge in [-0.15, -0.1) is 11.3 Å². The molecule has 1 N–H and O–H groups in total. The number of likely N-dealkylation sites (tertiary alicyclic amines) is 1. The van der Waals surface area contributed by atoms with E-state index in [0.717, 1.165) is 29.3 Å². The molecule has 6 nitrogen and oxygen atoms in total. The molecule has 1 atom stereocenters. The third kappa shape index (κ3) is 2.80. The summed E-state index contributed by atoms with van der Waals surface area (Å²) in [6.45, 7) is 3.10. The van der Waals surface area contributed by atoms with Crippen molar-refractivity contribution in [1.82, 2.24) is 15.2 Å². The van der Waals surface area contributed by atoms with Gasteiger partial charge in [0.25, 0.3) is 5.79 Å². The van der Waals surface area contributed by atoms with E-state index in [-0.39, 0.29) is 12.1 Å². The van der Waals surface area contributed by atoms with E-state index in [9.17, 15) is 4.79 Å². The Labute approximate surface area is 156 Å². The predicted octanol–water partition coefficient (Wildman–Crippen LogP) is 3.49. The molecule has 2 amide bonds. The number of urea groups is 1. The van der Waals surface area contributed by atoms with Crippen LogP contribution in [0.2, 0.25) is 0 Å². The minimum atomic E-state index is -0.742. The zero-order valence-electron chi connectivity index (χ0n) is 14.6. The number of hydrogen-bond acceptors (Lipinski definition) is 5. The van der Waals surface area contributed by atoms with Crippen LogP contribution in [-0.4, -0.2) is 34.8 Å². The second kappa shape index (κ2) is 5.87. The molecule has 1 aliphatic carbocycles. The molecule has 1 saturated carbocycles. The van der Waals surface area contributed by atoms with Crippen LogP contribution in [0.3, 0.4) is 0 Å². The van der Waals surface area contributed by atoms with E-state index in [0.29, 0.717) is 25.4 Å². The smallest absolute Gasteiger partial charge is 0.318 e. The van der Waals surface area contributed by atoms with Gasteiger partial charge in [-0.25, -0.2) is 9.78 Å². The van der Waals surface area contributed by atoms with E-state index in [1.807, 2.05) is 37.4 Å². The van der Waals surface area contributed by atoms with Gasteiger partial charge in [0, 0.05) is 24.0 Å². The van der Waals surface area contributed by atoms with Gasteiger partial charge in [0.1, 0.15) is 5.01 Å². The Bertz CT molecular complexity index is 823. The standard InChI is InChI=1S/C19H21N3O3S/c1-12-10-20-17(26-12)16(13-6-7-13)21-18(23)22-9-8-19(11-22)24-14-4-2-3-5-15(14)25-19/h2-5,10,13,16H,6-9,11H2,1H3,(H,21,23)/t16-/m1/s1. The lowest BCUT2D eigenvalue weighted by Crippen LogP contribution is -2.46. The molecule has 2 fully saturated rings. The summed E-state index contributed by atoms with van der Waals surface area (Å²) in [4.78, 5) is 20.3. The van der Waals surface area contributed by atoms with Gasteiger partial charge < -0.3 is 19.7 Å². The zero-order valence-corrected chi connectivity index (χ0v) is 15.4. The first-order chi connectivity index (χ1) is 12.6. The molecule has 3 heterocycles. The molecule has 0 bridgehead atoms. The predicted molar refractivity (Wildman–Crippen MR) is 97.5 cm³/mol. The Morgan fingerprint density at radius 2 is 2.08 bits per heavy atom. The molecule has 3 aliphatic rings. The van der Waals surface area contributed by atoms with Crippen LogP contribution in [0, 0.1) is 12.8 Å². The maximum atomic E-state index is 12.9. The number of aromatic nitrogens is 1. The number of amides is 2. The molecule has 1 aromatic carbocycles. The summed E-state index contributed by atoms with van der Waals surface area (Å²) in [6.07, 6.45) is 4.84. The van der Waals surface area contributed by atoms with Gasteiger partial charge in [-0.3, -0.25) is 0 Å². The SMILES string of the molecule is Cc1cnc([C@H](NC(=O)N2CCC3(C2)Oc2ccccc2O3)C2CC2)s1. The number of benzene rings is 1. The summed E-state index contributed by atoms with van der Waals surface area (Å²) < 4.78 is 12.1. The van der Waals surface area contributed by atoms with Crippen molar-refractivity contribution in [2.75, 3.05) is 13.1 Å². The van der Waals surface area contributed by atoms with Crippen molar-refractivity contribution < 1.29 is 14.3 Å². The average molecular weight is 371 g/mol. The van der Waals surface area contributed by atoms with Crippen molar-refractivity contribution in [1.29, 1.82) is 0 Å². The summed E-state index contributed by atoms with van der Waals surface area (Å²) in [5.41, 5.74) is 0. The van der Waals surface area contributed by atoms with Crippen molar-refractivity contribution in [3.8, 4) is 11.5 Å². The Morgan fingerprint density at radius 1 is 1.35 bits per heavy atom. The second-order valence-electron chi connectivity index (χ2n) is 7.31. The molecule has 1 spiro atoms. The summed E-state index contributed by atoms with van der Waals surface area (Å²) in [7, 11) is 0. The maximum Gasteiger partial charge on any atom is 0.318 e. The number of aryl methyl sites for hydroxylation is 1. The van der Waals surface area contributed by atoms with Crippen molar-refractivity contribution >= 4 is 17.4 Å². The third-order valence-corrected chi connectivity index (χ3v) is 6.20. The molecule has 0 unspecified atom stereocenters. The number of nitrogens with one attached hydrogen (secondary N) is 1. The molecule has 26 heavy (non-hydrogen) atoms. The van der Waals surface area contributed by atoms with E-state index in [1.54, 1.807) is 16.2 Å². The molecule has 136 valence electrons. The topological polar surface area (TPSA) is 63.7 Å². The summed E-state index contributed by atoms with van der Waals surface area (Å²) in [5.74, 6) is 1.27. The van der Waals surface area contributed by atoms with Crippen LogP contribution in [-0.2, 0) is 0 Å². The van der Waals surface area contributed by atoms with Crippen LogP contribution in [0.25, 0.3) is 0 Å². The van der Waals surface area contributed by atoms with Gasteiger partial charge in [0.2, 0.25) is 0 Å². The molecular weight excluding hydrogens is 350 g/mol. The molecular formula is C19H21N3O3S. The number of thiazole rings is 1. The third-order valence-electron chi connectivity index (χ3n) is 5.20. The summed E-state index contributed by atoms with van der Waals surface area (Å²) >= 11 is 1.67. The van der Waals surface area contributed by atoms with E-state index in [4.69, 9.17) is 9.47 Å². The molecule has 0 radical (unpaired) electrons. The largest absolute Gasteiger partial charge is 0.447 e. The first-order valence-electron chi connectivity index (χ1n) is 9.07. The summed E-state index contributed by atoms with van der Waals surface area (Å²) in [6, 6.07) is 7.62. The number of fused-ring (bicyclic) bond motifs is 1. The highest BCUT2D eigenvalue weighted by Crippen LogP contribution is 2.44. The normalized spacial score (nSPS) is 21.2. The molecule has 7 heteroatoms. The van der Waals surface area contributed by atoms with Crippen molar-refractivity contribution in [2.24, 2.45) is 5.92 Å². The van der Waals surface area contributed by atoms with Gasteiger partial charge in [-0.2, -0.15) is 0 Å². The lowest BCUT2D eigenvalue weighted by Gasteiger charge is -2.25. The highest BCUT2D eigenvalue weighted by Gasteiger charge is 2.49. The Morgan fingerprint density at radius 3 is 2.69 bits per heavy atom. The Hall–Kier alpha value is -2.28.